The SMILES string of the molecule is CC(C)CC(CN(C)C)NS(=O)(=O)c1csc(CN)c1. The molecule has 1 heterocycles. The minimum atomic E-state index is -3.46. The maximum Gasteiger partial charge on any atom is 0.241 e. The van der Waals surface area contributed by atoms with E-state index in [1.54, 1.807) is 11.4 Å². The number of rotatable bonds is 8. The number of nitrogens with two attached hydrogens (primary N) is 1. The van der Waals surface area contributed by atoms with E-state index in [0.717, 1.165) is 11.3 Å². The third-order valence-corrected chi connectivity index (χ3v) is 5.41. The van der Waals surface area contributed by atoms with E-state index in [4.69, 9.17) is 5.73 Å². The van der Waals surface area contributed by atoms with Gasteiger partial charge >= 0.3 is 0 Å². The van der Waals surface area contributed by atoms with Crippen molar-refractivity contribution in [1.29, 1.82) is 0 Å². The van der Waals surface area contributed by atoms with Crippen molar-refractivity contribution in [2.45, 2.75) is 37.8 Å². The van der Waals surface area contributed by atoms with E-state index in [1.165, 1.54) is 11.3 Å². The van der Waals surface area contributed by atoms with Crippen LogP contribution in [0.5, 0.6) is 0 Å². The van der Waals surface area contributed by atoms with Crippen LogP contribution in [0.15, 0.2) is 16.3 Å². The molecule has 1 atom stereocenters. The molecule has 0 radical (unpaired) electrons. The fourth-order valence-electron chi connectivity index (χ4n) is 2.07. The lowest BCUT2D eigenvalue weighted by Crippen LogP contribution is -2.42. The van der Waals surface area contributed by atoms with Crippen LogP contribution in [-0.2, 0) is 16.6 Å². The predicted molar refractivity (Wildman–Crippen MR) is 84.3 cm³/mol. The van der Waals surface area contributed by atoms with Gasteiger partial charge in [-0.15, -0.1) is 11.3 Å². The molecule has 0 aliphatic carbocycles. The van der Waals surface area contributed by atoms with E-state index in [2.05, 4.69) is 18.6 Å². The molecule has 116 valence electrons. The largest absolute Gasteiger partial charge is 0.326 e. The number of sulfonamides is 1. The smallest absolute Gasteiger partial charge is 0.241 e. The molecule has 3 N–H and O–H groups in total. The Hall–Kier alpha value is -0.470. The average molecular weight is 319 g/mol. The summed E-state index contributed by atoms with van der Waals surface area (Å²) in [6, 6.07) is 1.56. The highest BCUT2D eigenvalue weighted by Crippen LogP contribution is 2.19. The first-order chi connectivity index (χ1) is 9.24. The zero-order chi connectivity index (χ0) is 15.3. The maximum absolute atomic E-state index is 12.4. The van der Waals surface area contributed by atoms with Gasteiger partial charge in [0.15, 0.2) is 0 Å². The van der Waals surface area contributed by atoms with Gasteiger partial charge in [0.2, 0.25) is 10.0 Å². The van der Waals surface area contributed by atoms with Crippen LogP contribution in [0.4, 0.5) is 0 Å². The molecule has 5 nitrogen and oxygen atoms in total. The molecule has 0 fully saturated rings. The molecule has 1 unspecified atom stereocenters. The highest BCUT2D eigenvalue weighted by atomic mass is 32.2. The molecule has 0 aliphatic rings. The fraction of sp³-hybridized carbons (Fsp3) is 0.692. The van der Waals surface area contributed by atoms with Crippen LogP contribution >= 0.6 is 11.3 Å². The van der Waals surface area contributed by atoms with Gasteiger partial charge in [0.1, 0.15) is 0 Å². The molecule has 0 aliphatic heterocycles. The van der Waals surface area contributed by atoms with Crippen molar-refractivity contribution in [2.75, 3.05) is 20.6 Å². The molecular weight excluding hydrogens is 294 g/mol. The van der Waals surface area contributed by atoms with Crippen molar-refractivity contribution < 1.29 is 8.42 Å². The van der Waals surface area contributed by atoms with Crippen LogP contribution in [0.1, 0.15) is 25.1 Å². The Labute approximate surface area is 126 Å². The number of hydrogen-bond donors (Lipinski definition) is 2. The van der Waals surface area contributed by atoms with Crippen LogP contribution in [-0.4, -0.2) is 40.0 Å². The van der Waals surface area contributed by atoms with Crippen molar-refractivity contribution in [1.82, 2.24) is 9.62 Å². The van der Waals surface area contributed by atoms with Crippen LogP contribution < -0.4 is 10.5 Å². The minimum Gasteiger partial charge on any atom is -0.326 e. The van der Waals surface area contributed by atoms with Gasteiger partial charge in [0, 0.05) is 29.4 Å². The summed E-state index contributed by atoms with van der Waals surface area (Å²) in [5, 5.41) is 1.65. The number of nitrogens with one attached hydrogen (secondary N) is 1. The quantitative estimate of drug-likeness (QED) is 0.761. The van der Waals surface area contributed by atoms with Gasteiger partial charge in [-0.3, -0.25) is 0 Å². The van der Waals surface area contributed by atoms with E-state index in [0.29, 0.717) is 23.9 Å². The first-order valence-corrected chi connectivity index (χ1v) is 9.05. The zero-order valence-corrected chi connectivity index (χ0v) is 14.2. The zero-order valence-electron chi connectivity index (χ0n) is 12.6. The molecule has 0 aromatic carbocycles. The van der Waals surface area contributed by atoms with Gasteiger partial charge in [-0.2, -0.15) is 0 Å². The molecule has 0 spiro atoms. The first-order valence-electron chi connectivity index (χ1n) is 6.69. The van der Waals surface area contributed by atoms with E-state index in [1.807, 2.05) is 19.0 Å². The van der Waals surface area contributed by atoms with Crippen molar-refractivity contribution >= 4 is 21.4 Å². The van der Waals surface area contributed by atoms with Crippen molar-refractivity contribution in [3.63, 3.8) is 0 Å². The normalized spacial score (nSPS) is 14.2. The monoisotopic (exact) mass is 319 g/mol. The number of thiophene rings is 1. The molecule has 0 bridgehead atoms. The summed E-state index contributed by atoms with van der Waals surface area (Å²) < 4.78 is 27.5. The average Bonchev–Trinajstić information content (AvgIpc) is 2.75. The lowest BCUT2D eigenvalue weighted by atomic mass is 10.0. The maximum atomic E-state index is 12.4. The number of hydrogen-bond acceptors (Lipinski definition) is 5. The Morgan fingerprint density at radius 3 is 2.50 bits per heavy atom. The number of likely N-dealkylation sites (N-methyl/N-ethyl adjacent to an activating group) is 1. The van der Waals surface area contributed by atoms with E-state index in [9.17, 15) is 8.42 Å². The standard InChI is InChI=1S/C13H25N3O2S2/c1-10(2)5-11(8-16(3)4)15-20(17,18)13-6-12(7-14)19-9-13/h6,9-11,15H,5,7-8,14H2,1-4H3. The Morgan fingerprint density at radius 1 is 1.40 bits per heavy atom. The molecule has 1 rings (SSSR count). The molecular formula is C13H25N3O2S2. The molecule has 0 saturated heterocycles. The summed E-state index contributed by atoms with van der Waals surface area (Å²) in [4.78, 5) is 3.18. The van der Waals surface area contributed by atoms with Crippen molar-refractivity contribution in [2.24, 2.45) is 11.7 Å². The van der Waals surface area contributed by atoms with Crippen LogP contribution in [0.25, 0.3) is 0 Å². The summed E-state index contributed by atoms with van der Waals surface area (Å²) in [5.74, 6) is 0.435. The van der Waals surface area contributed by atoms with Crippen molar-refractivity contribution in [3.8, 4) is 0 Å². The third-order valence-electron chi connectivity index (χ3n) is 2.80. The van der Waals surface area contributed by atoms with Gasteiger partial charge in [-0.1, -0.05) is 13.8 Å². The summed E-state index contributed by atoms with van der Waals surface area (Å²) >= 11 is 1.38. The minimum absolute atomic E-state index is 0.0868. The summed E-state index contributed by atoms with van der Waals surface area (Å²) in [6.45, 7) is 5.24. The third kappa shape index (κ3) is 5.49. The first kappa shape index (κ1) is 17.6. The molecule has 0 saturated carbocycles. The second-order valence-electron chi connectivity index (χ2n) is 5.66. The second kappa shape index (κ2) is 7.51. The van der Waals surface area contributed by atoms with Gasteiger partial charge in [-0.05, 0) is 32.5 Å². The molecule has 20 heavy (non-hydrogen) atoms. The van der Waals surface area contributed by atoms with Gasteiger partial charge in [0.25, 0.3) is 0 Å². The van der Waals surface area contributed by atoms with E-state index in [-0.39, 0.29) is 6.04 Å². The lowest BCUT2D eigenvalue weighted by molar-refractivity contribution is 0.329. The summed E-state index contributed by atoms with van der Waals surface area (Å²) in [6.07, 6.45) is 0.811. The molecule has 7 heteroatoms. The van der Waals surface area contributed by atoms with Crippen LogP contribution in [0, 0.1) is 5.92 Å². The summed E-state index contributed by atoms with van der Waals surface area (Å²) in [5.41, 5.74) is 5.53. The van der Waals surface area contributed by atoms with Crippen LogP contribution in [0.2, 0.25) is 0 Å². The number of nitrogens with zero attached hydrogens (tertiary/aromatic N) is 1. The topological polar surface area (TPSA) is 75.4 Å². The molecule has 1 aromatic rings. The molecule has 1 aromatic heterocycles. The Bertz CT molecular complexity index is 499. The fourth-order valence-corrected chi connectivity index (χ4v) is 4.46. The second-order valence-corrected chi connectivity index (χ2v) is 8.37. The highest BCUT2D eigenvalue weighted by Gasteiger charge is 2.22. The van der Waals surface area contributed by atoms with E-state index >= 15 is 0 Å². The lowest BCUT2D eigenvalue weighted by Gasteiger charge is -2.23. The van der Waals surface area contributed by atoms with Gasteiger partial charge in [-0.25, -0.2) is 13.1 Å². The summed E-state index contributed by atoms with van der Waals surface area (Å²) in [7, 11) is 0.425. The molecule has 0 amide bonds. The Morgan fingerprint density at radius 2 is 2.05 bits per heavy atom. The Balaban J connectivity index is 2.84. The van der Waals surface area contributed by atoms with Crippen molar-refractivity contribution in [3.05, 3.63) is 16.3 Å². The highest BCUT2D eigenvalue weighted by molar-refractivity contribution is 7.89. The van der Waals surface area contributed by atoms with Crippen LogP contribution in [0.3, 0.4) is 0 Å². The van der Waals surface area contributed by atoms with E-state index < -0.39 is 10.0 Å². The predicted octanol–water partition coefficient (Wildman–Crippen LogP) is 1.46. The Kier molecular flexibility index (Phi) is 6.60. The van der Waals surface area contributed by atoms with Gasteiger partial charge < -0.3 is 10.6 Å². The van der Waals surface area contributed by atoms with Gasteiger partial charge in [0.05, 0.1) is 4.90 Å².